The van der Waals surface area contributed by atoms with Gasteiger partial charge in [-0.3, -0.25) is 4.79 Å². The number of carbonyl (C=O) groups is 1. The summed E-state index contributed by atoms with van der Waals surface area (Å²) < 4.78 is 1.79. The zero-order valence-corrected chi connectivity index (χ0v) is 17.0. The molecule has 0 bridgehead atoms. The molecule has 1 amide bonds. The first-order valence-electron chi connectivity index (χ1n) is 10.3. The molecule has 2 heterocycles. The third-order valence-electron chi connectivity index (χ3n) is 5.53. The highest BCUT2D eigenvalue weighted by Gasteiger charge is 2.23. The third-order valence-corrected chi connectivity index (χ3v) is 5.53. The van der Waals surface area contributed by atoms with E-state index in [9.17, 15) is 10.1 Å². The second-order valence-electron chi connectivity index (χ2n) is 7.72. The molecule has 0 saturated carbocycles. The summed E-state index contributed by atoms with van der Waals surface area (Å²) >= 11 is 0. The molecule has 5 nitrogen and oxygen atoms in total. The number of carbonyl (C=O) groups excluding carboxylic acids is 1. The van der Waals surface area contributed by atoms with E-state index in [4.69, 9.17) is 5.10 Å². The zero-order chi connectivity index (χ0) is 20.9. The first-order chi connectivity index (χ1) is 14.7. The molecular weight excluding hydrogens is 372 g/mol. The molecule has 1 aromatic heterocycles. The molecule has 0 radical (unpaired) electrons. The number of amides is 1. The molecule has 1 fully saturated rings. The molecule has 0 atom stereocenters. The predicted octanol–water partition coefficient (Wildman–Crippen LogP) is 4.70. The zero-order valence-electron chi connectivity index (χ0n) is 17.0. The Hall–Kier alpha value is -3.65. The van der Waals surface area contributed by atoms with Gasteiger partial charge >= 0.3 is 0 Å². The molecule has 30 heavy (non-hydrogen) atoms. The van der Waals surface area contributed by atoms with Crippen LogP contribution < -0.4 is 0 Å². The summed E-state index contributed by atoms with van der Waals surface area (Å²) in [6, 6.07) is 21.8. The van der Waals surface area contributed by atoms with Gasteiger partial charge in [0.15, 0.2) is 0 Å². The van der Waals surface area contributed by atoms with Crippen molar-refractivity contribution in [3.63, 3.8) is 0 Å². The molecular formula is C25H24N4O. The maximum atomic E-state index is 13.0. The van der Waals surface area contributed by atoms with Gasteiger partial charge in [0.25, 0.3) is 5.91 Å². The van der Waals surface area contributed by atoms with Gasteiger partial charge in [0.05, 0.1) is 11.4 Å². The monoisotopic (exact) mass is 396 g/mol. The molecule has 0 spiro atoms. The van der Waals surface area contributed by atoms with Crippen molar-refractivity contribution in [2.75, 3.05) is 13.1 Å². The van der Waals surface area contributed by atoms with Crippen molar-refractivity contribution in [1.82, 2.24) is 14.7 Å². The number of nitriles is 1. The number of hydrogen-bond donors (Lipinski definition) is 0. The fourth-order valence-electron chi connectivity index (χ4n) is 3.71. The highest BCUT2D eigenvalue weighted by Crippen LogP contribution is 2.26. The quantitative estimate of drug-likeness (QED) is 0.474. The van der Waals surface area contributed by atoms with Gasteiger partial charge in [0, 0.05) is 30.4 Å². The molecule has 3 aromatic rings. The molecule has 150 valence electrons. The number of aromatic nitrogens is 2. The lowest BCUT2D eigenvalue weighted by Gasteiger charge is -2.30. The van der Waals surface area contributed by atoms with E-state index in [0.29, 0.717) is 19.0 Å². The first kappa shape index (κ1) is 19.7. The van der Waals surface area contributed by atoms with Gasteiger partial charge in [0.2, 0.25) is 0 Å². The van der Waals surface area contributed by atoms with Gasteiger partial charge in [-0.05, 0) is 37.0 Å². The van der Waals surface area contributed by atoms with E-state index in [0.717, 1.165) is 35.3 Å². The Labute approximate surface area is 176 Å². The molecule has 4 rings (SSSR count). The van der Waals surface area contributed by atoms with Crippen molar-refractivity contribution in [3.05, 3.63) is 78.0 Å². The van der Waals surface area contributed by atoms with Crippen LogP contribution in [0.4, 0.5) is 0 Å². The van der Waals surface area contributed by atoms with Crippen LogP contribution >= 0.6 is 0 Å². The van der Waals surface area contributed by atoms with Gasteiger partial charge in [-0.1, -0.05) is 55.5 Å². The molecule has 1 aliphatic heterocycles. The minimum absolute atomic E-state index is 0.148. The Kier molecular flexibility index (Phi) is 5.76. The Balaban J connectivity index is 1.73. The smallest absolute Gasteiger partial charge is 0.264 e. The van der Waals surface area contributed by atoms with Gasteiger partial charge in [-0.2, -0.15) is 10.4 Å². The topological polar surface area (TPSA) is 61.9 Å². The van der Waals surface area contributed by atoms with Crippen molar-refractivity contribution in [2.45, 2.75) is 19.8 Å². The number of benzene rings is 2. The van der Waals surface area contributed by atoms with Crippen molar-refractivity contribution in [1.29, 1.82) is 5.26 Å². The fraction of sp³-hybridized carbons (Fsp3) is 0.240. The van der Waals surface area contributed by atoms with Crippen LogP contribution in [0.5, 0.6) is 0 Å². The Bertz CT molecular complexity index is 1090. The summed E-state index contributed by atoms with van der Waals surface area (Å²) in [5.74, 6) is 0.424. The molecule has 0 aliphatic carbocycles. The van der Waals surface area contributed by atoms with Crippen molar-refractivity contribution >= 4 is 12.0 Å². The van der Waals surface area contributed by atoms with E-state index in [1.165, 1.54) is 0 Å². The lowest BCUT2D eigenvalue weighted by atomic mass is 9.98. The molecule has 1 aliphatic rings. The van der Waals surface area contributed by atoms with Gasteiger partial charge in [-0.25, -0.2) is 4.68 Å². The summed E-state index contributed by atoms with van der Waals surface area (Å²) in [6.07, 6.45) is 5.51. The number of para-hydroxylation sites is 1. The molecule has 0 unspecified atom stereocenters. The SMILES string of the molecule is CC1CCN(C(=O)/C(C#N)=C\c2cn(-c3ccccc3)nc2-c2ccccc2)CC1. The minimum atomic E-state index is -0.198. The van der Waals surface area contributed by atoms with Crippen LogP contribution in [0.1, 0.15) is 25.3 Å². The van der Waals surface area contributed by atoms with E-state index in [1.54, 1.807) is 15.7 Å². The predicted molar refractivity (Wildman–Crippen MR) is 118 cm³/mol. The maximum absolute atomic E-state index is 13.0. The number of piperidine rings is 1. The van der Waals surface area contributed by atoms with Crippen LogP contribution in [0.3, 0.4) is 0 Å². The van der Waals surface area contributed by atoms with E-state index in [2.05, 4.69) is 13.0 Å². The summed E-state index contributed by atoms with van der Waals surface area (Å²) in [4.78, 5) is 14.8. The summed E-state index contributed by atoms with van der Waals surface area (Å²) in [7, 11) is 0. The number of likely N-dealkylation sites (tertiary alicyclic amines) is 1. The minimum Gasteiger partial charge on any atom is -0.338 e. The van der Waals surface area contributed by atoms with Crippen LogP contribution in [0.25, 0.3) is 23.0 Å². The highest BCUT2D eigenvalue weighted by atomic mass is 16.2. The van der Waals surface area contributed by atoms with Crippen LogP contribution in [0.2, 0.25) is 0 Å². The number of nitrogens with zero attached hydrogens (tertiary/aromatic N) is 4. The third kappa shape index (κ3) is 4.18. The van der Waals surface area contributed by atoms with E-state index in [1.807, 2.05) is 66.9 Å². The summed E-state index contributed by atoms with van der Waals surface area (Å²) in [5, 5.41) is 14.5. The van der Waals surface area contributed by atoms with Crippen molar-refractivity contribution in [2.24, 2.45) is 5.92 Å². The summed E-state index contributed by atoms with van der Waals surface area (Å²) in [6.45, 7) is 3.61. The van der Waals surface area contributed by atoms with Crippen molar-refractivity contribution in [3.8, 4) is 23.0 Å². The van der Waals surface area contributed by atoms with Crippen molar-refractivity contribution < 1.29 is 4.79 Å². The van der Waals surface area contributed by atoms with E-state index >= 15 is 0 Å². The number of hydrogen-bond acceptors (Lipinski definition) is 3. The molecule has 5 heteroatoms. The second-order valence-corrected chi connectivity index (χ2v) is 7.72. The van der Waals surface area contributed by atoms with Crippen LogP contribution in [0, 0.1) is 17.2 Å². The lowest BCUT2D eigenvalue weighted by molar-refractivity contribution is -0.127. The Morgan fingerprint density at radius 1 is 1.07 bits per heavy atom. The average Bonchev–Trinajstić information content (AvgIpc) is 3.22. The summed E-state index contributed by atoms with van der Waals surface area (Å²) in [5.41, 5.74) is 3.50. The molecule has 2 aromatic carbocycles. The second kappa shape index (κ2) is 8.79. The Morgan fingerprint density at radius 3 is 2.33 bits per heavy atom. The van der Waals surface area contributed by atoms with Gasteiger partial charge < -0.3 is 4.90 Å². The largest absolute Gasteiger partial charge is 0.338 e. The first-order valence-corrected chi connectivity index (χ1v) is 10.3. The van der Waals surface area contributed by atoms with Crippen LogP contribution in [-0.2, 0) is 4.79 Å². The van der Waals surface area contributed by atoms with Crippen LogP contribution in [0.15, 0.2) is 72.4 Å². The number of rotatable bonds is 4. The average molecular weight is 396 g/mol. The highest BCUT2D eigenvalue weighted by molar-refractivity contribution is 6.02. The van der Waals surface area contributed by atoms with Gasteiger partial charge in [0.1, 0.15) is 11.6 Å². The standard InChI is InChI=1S/C25H24N4O/c1-19-12-14-28(15-13-19)25(30)21(17-26)16-22-18-29(23-10-6-3-7-11-23)27-24(22)20-8-4-2-5-9-20/h2-11,16,18-19H,12-15H2,1H3/b21-16-. The maximum Gasteiger partial charge on any atom is 0.264 e. The molecule has 1 saturated heterocycles. The fourth-order valence-corrected chi connectivity index (χ4v) is 3.71. The normalized spacial score (nSPS) is 15.1. The lowest BCUT2D eigenvalue weighted by Crippen LogP contribution is -2.38. The Morgan fingerprint density at radius 2 is 1.70 bits per heavy atom. The molecule has 0 N–H and O–H groups in total. The van der Waals surface area contributed by atoms with E-state index in [-0.39, 0.29) is 11.5 Å². The van der Waals surface area contributed by atoms with Gasteiger partial charge in [-0.15, -0.1) is 0 Å². The van der Waals surface area contributed by atoms with Crippen LogP contribution in [-0.4, -0.2) is 33.7 Å². The van der Waals surface area contributed by atoms with E-state index < -0.39 is 0 Å².